The van der Waals surface area contributed by atoms with Crippen LogP contribution in [0, 0.1) is 0 Å². The predicted octanol–water partition coefficient (Wildman–Crippen LogP) is 4.10. The molecule has 0 fully saturated rings. The van der Waals surface area contributed by atoms with Crippen molar-refractivity contribution in [1.29, 1.82) is 0 Å². The first-order valence-electron chi connectivity index (χ1n) is 4.11. The second-order valence-electron chi connectivity index (χ2n) is 2.84. The van der Waals surface area contributed by atoms with Gasteiger partial charge in [0.2, 0.25) is 5.28 Å². The average molecular weight is 260 g/mol. The molecule has 0 N–H and O–H groups in total. The lowest BCUT2D eigenvalue weighted by molar-refractivity contribution is 1.17. The van der Waals surface area contributed by atoms with Crippen LogP contribution in [-0.4, -0.2) is 9.97 Å². The minimum Gasteiger partial charge on any atom is -0.226 e. The highest BCUT2D eigenvalue weighted by Gasteiger charge is 2.06. The Morgan fingerprint density at radius 3 is 2.47 bits per heavy atom. The van der Waals surface area contributed by atoms with E-state index < -0.39 is 0 Å². The lowest BCUT2D eigenvalue weighted by Crippen LogP contribution is -1.87. The molecule has 1 heterocycles. The van der Waals surface area contributed by atoms with Crippen molar-refractivity contribution in [2.75, 3.05) is 0 Å². The molecule has 1 aromatic heterocycles. The fourth-order valence-electron chi connectivity index (χ4n) is 1.18. The second kappa shape index (κ2) is 4.35. The summed E-state index contributed by atoms with van der Waals surface area (Å²) in [5, 5.41) is 1.32. The van der Waals surface area contributed by atoms with Crippen molar-refractivity contribution in [2.24, 2.45) is 0 Å². The molecule has 0 aliphatic heterocycles. The molecule has 0 saturated carbocycles. The maximum atomic E-state index is 6.03. The molecular weight excluding hydrogens is 254 g/mol. The third kappa shape index (κ3) is 2.40. The third-order valence-electron chi connectivity index (χ3n) is 1.83. The van der Waals surface area contributed by atoms with Crippen molar-refractivity contribution in [3.05, 3.63) is 45.8 Å². The largest absolute Gasteiger partial charge is 0.226 e. The summed E-state index contributed by atoms with van der Waals surface area (Å²) in [6, 6.07) is 6.94. The zero-order valence-corrected chi connectivity index (χ0v) is 9.68. The Kier molecular flexibility index (Phi) is 3.10. The van der Waals surface area contributed by atoms with Gasteiger partial charge in [-0.25, -0.2) is 9.97 Å². The lowest BCUT2D eigenvalue weighted by Gasteiger charge is -2.03. The Morgan fingerprint density at radius 1 is 1.00 bits per heavy atom. The number of rotatable bonds is 1. The fourth-order valence-corrected chi connectivity index (χ4v) is 1.83. The highest BCUT2D eigenvalue weighted by atomic mass is 35.5. The number of hydrogen-bond acceptors (Lipinski definition) is 2. The van der Waals surface area contributed by atoms with E-state index in [1.807, 2.05) is 0 Å². The van der Waals surface area contributed by atoms with Crippen LogP contribution in [0.4, 0.5) is 0 Å². The van der Waals surface area contributed by atoms with E-state index in [9.17, 15) is 0 Å². The van der Waals surface area contributed by atoms with Gasteiger partial charge in [-0.1, -0.05) is 23.2 Å². The number of nitrogens with zero attached hydrogens (tertiary/aromatic N) is 2. The zero-order valence-electron chi connectivity index (χ0n) is 7.42. The van der Waals surface area contributed by atoms with Gasteiger partial charge in [0.25, 0.3) is 0 Å². The molecule has 2 aromatic rings. The predicted molar refractivity (Wildman–Crippen MR) is 62.5 cm³/mol. The smallest absolute Gasteiger partial charge is 0.222 e. The van der Waals surface area contributed by atoms with E-state index in [0.29, 0.717) is 15.7 Å². The fraction of sp³-hybridized carbons (Fsp3) is 0. The van der Waals surface area contributed by atoms with Gasteiger partial charge in [-0.15, -0.1) is 0 Å². The number of benzene rings is 1. The SMILES string of the molecule is Clc1ccc(-c2ccnc(Cl)n2)c(Cl)c1. The number of aromatic nitrogens is 2. The molecule has 0 radical (unpaired) electrons. The van der Waals surface area contributed by atoms with Crippen molar-refractivity contribution >= 4 is 34.8 Å². The molecule has 76 valence electrons. The first kappa shape index (κ1) is 10.7. The van der Waals surface area contributed by atoms with Gasteiger partial charge in [0.05, 0.1) is 10.7 Å². The molecule has 15 heavy (non-hydrogen) atoms. The Labute approximate surface area is 102 Å². The van der Waals surface area contributed by atoms with Gasteiger partial charge in [0.15, 0.2) is 0 Å². The molecule has 0 bridgehead atoms. The van der Waals surface area contributed by atoms with E-state index in [1.54, 1.807) is 30.5 Å². The Morgan fingerprint density at radius 2 is 1.80 bits per heavy atom. The van der Waals surface area contributed by atoms with Crippen LogP contribution in [0.15, 0.2) is 30.5 Å². The number of halogens is 3. The van der Waals surface area contributed by atoms with Crippen LogP contribution in [0.1, 0.15) is 0 Å². The van der Waals surface area contributed by atoms with E-state index in [4.69, 9.17) is 34.8 Å². The highest BCUT2D eigenvalue weighted by Crippen LogP contribution is 2.29. The molecule has 5 heteroatoms. The standard InChI is InChI=1S/C10H5Cl3N2/c11-6-1-2-7(8(12)5-6)9-3-4-14-10(13)15-9/h1-5H. The molecule has 2 rings (SSSR count). The normalized spacial score (nSPS) is 10.3. The van der Waals surface area contributed by atoms with Crippen LogP contribution in [0.5, 0.6) is 0 Å². The Hall–Kier alpha value is -0.830. The first-order valence-corrected chi connectivity index (χ1v) is 5.24. The summed E-state index contributed by atoms with van der Waals surface area (Å²) < 4.78 is 0. The van der Waals surface area contributed by atoms with Crippen molar-refractivity contribution in [3.63, 3.8) is 0 Å². The lowest BCUT2D eigenvalue weighted by atomic mass is 10.1. The molecule has 0 saturated heterocycles. The molecule has 0 spiro atoms. The topological polar surface area (TPSA) is 25.8 Å². The van der Waals surface area contributed by atoms with Crippen LogP contribution in [0.2, 0.25) is 15.3 Å². The first-order chi connectivity index (χ1) is 7.16. The van der Waals surface area contributed by atoms with Crippen molar-refractivity contribution in [1.82, 2.24) is 9.97 Å². The molecule has 1 aromatic carbocycles. The van der Waals surface area contributed by atoms with Crippen molar-refractivity contribution in [2.45, 2.75) is 0 Å². The Bertz CT molecular complexity index is 500. The van der Waals surface area contributed by atoms with Crippen LogP contribution in [0.25, 0.3) is 11.3 Å². The highest BCUT2D eigenvalue weighted by molar-refractivity contribution is 6.36. The van der Waals surface area contributed by atoms with Crippen LogP contribution in [-0.2, 0) is 0 Å². The van der Waals surface area contributed by atoms with Crippen LogP contribution in [0.3, 0.4) is 0 Å². The maximum absolute atomic E-state index is 6.03. The molecule has 0 atom stereocenters. The van der Waals surface area contributed by atoms with Gasteiger partial charge in [-0.3, -0.25) is 0 Å². The minimum atomic E-state index is 0.193. The van der Waals surface area contributed by atoms with E-state index in [2.05, 4.69) is 9.97 Å². The summed E-state index contributed by atoms with van der Waals surface area (Å²) in [5.41, 5.74) is 1.46. The quantitative estimate of drug-likeness (QED) is 0.721. The molecule has 2 nitrogen and oxygen atoms in total. The van der Waals surface area contributed by atoms with E-state index >= 15 is 0 Å². The summed E-state index contributed by atoms with van der Waals surface area (Å²) >= 11 is 17.5. The molecule has 0 unspecified atom stereocenters. The van der Waals surface area contributed by atoms with Gasteiger partial charge in [-0.2, -0.15) is 0 Å². The van der Waals surface area contributed by atoms with E-state index in [0.717, 1.165) is 5.56 Å². The van der Waals surface area contributed by atoms with E-state index in [1.165, 1.54) is 0 Å². The van der Waals surface area contributed by atoms with Gasteiger partial charge in [0, 0.05) is 16.8 Å². The van der Waals surface area contributed by atoms with Crippen molar-refractivity contribution < 1.29 is 0 Å². The molecular formula is C10H5Cl3N2. The molecule has 0 amide bonds. The summed E-state index contributed by atoms with van der Waals surface area (Å²) in [7, 11) is 0. The monoisotopic (exact) mass is 258 g/mol. The van der Waals surface area contributed by atoms with Crippen LogP contribution >= 0.6 is 34.8 Å². The van der Waals surface area contributed by atoms with Crippen LogP contribution < -0.4 is 0 Å². The third-order valence-corrected chi connectivity index (χ3v) is 2.56. The van der Waals surface area contributed by atoms with E-state index in [-0.39, 0.29) is 5.28 Å². The summed E-state index contributed by atoms with van der Waals surface area (Å²) in [6.07, 6.45) is 1.58. The summed E-state index contributed by atoms with van der Waals surface area (Å²) in [5.74, 6) is 0. The Balaban J connectivity index is 2.54. The summed E-state index contributed by atoms with van der Waals surface area (Å²) in [4.78, 5) is 7.86. The van der Waals surface area contributed by atoms with Gasteiger partial charge >= 0.3 is 0 Å². The van der Waals surface area contributed by atoms with Gasteiger partial charge in [0.1, 0.15) is 0 Å². The van der Waals surface area contributed by atoms with Gasteiger partial charge in [-0.05, 0) is 35.9 Å². The molecule has 0 aliphatic carbocycles. The van der Waals surface area contributed by atoms with Crippen molar-refractivity contribution in [3.8, 4) is 11.3 Å². The average Bonchev–Trinajstić information content (AvgIpc) is 2.17. The van der Waals surface area contributed by atoms with Gasteiger partial charge < -0.3 is 0 Å². The summed E-state index contributed by atoms with van der Waals surface area (Å²) in [6.45, 7) is 0. The number of hydrogen-bond donors (Lipinski definition) is 0. The maximum Gasteiger partial charge on any atom is 0.222 e. The second-order valence-corrected chi connectivity index (χ2v) is 4.02. The minimum absolute atomic E-state index is 0.193. The molecule has 0 aliphatic rings. The zero-order chi connectivity index (χ0) is 10.8.